The van der Waals surface area contributed by atoms with Crippen LogP contribution in [0.4, 0.5) is 0 Å². The SMILES string of the molecule is O=C(Cc1ccc(-c2cc(Cl)cc(Cl)c2)s1)NCCN1CCS(=O)(=O)CC1.O=C(O)Cc1ccc(-c2cc(Cl)cc(Cl)c2)s1. The third-order valence-corrected chi connectivity index (χ3v) is 11.2. The molecule has 0 unspecified atom stereocenters. The molecular weight excluding hydrogens is 706 g/mol. The molecule has 0 bridgehead atoms. The molecule has 14 heteroatoms. The Labute approximate surface area is 284 Å². The number of sulfone groups is 1. The number of thiophene rings is 2. The largest absolute Gasteiger partial charge is 0.481 e. The summed E-state index contributed by atoms with van der Waals surface area (Å²) in [5.74, 6) is -0.474. The van der Waals surface area contributed by atoms with Crippen LogP contribution in [0.3, 0.4) is 0 Å². The summed E-state index contributed by atoms with van der Waals surface area (Å²) in [5, 5.41) is 13.9. The number of carbonyl (C=O) groups is 2. The lowest BCUT2D eigenvalue weighted by Crippen LogP contribution is -2.44. The van der Waals surface area contributed by atoms with Gasteiger partial charge in [0.05, 0.1) is 24.3 Å². The number of benzene rings is 2. The number of halogens is 4. The zero-order valence-electron chi connectivity index (χ0n) is 23.2. The molecule has 1 amide bonds. The first kappa shape index (κ1) is 34.7. The first-order valence-corrected chi connectivity index (χ1v) is 18.3. The van der Waals surface area contributed by atoms with Crippen LogP contribution in [0.15, 0.2) is 60.7 Å². The molecule has 1 saturated heterocycles. The second-order valence-electron chi connectivity index (χ2n) is 9.94. The molecule has 44 heavy (non-hydrogen) atoms. The van der Waals surface area contributed by atoms with Crippen molar-refractivity contribution in [1.29, 1.82) is 0 Å². The van der Waals surface area contributed by atoms with Crippen molar-refractivity contribution < 1.29 is 23.1 Å². The molecular formula is C30H28Cl4N2O5S3. The number of carboxylic acids is 1. The van der Waals surface area contributed by atoms with Gasteiger partial charge in [0, 0.05) is 65.8 Å². The molecule has 0 aliphatic carbocycles. The minimum Gasteiger partial charge on any atom is -0.481 e. The van der Waals surface area contributed by atoms with Crippen LogP contribution in [0.1, 0.15) is 9.75 Å². The summed E-state index contributed by atoms with van der Waals surface area (Å²) >= 11 is 26.9. The van der Waals surface area contributed by atoms with Crippen LogP contribution in [-0.4, -0.2) is 68.0 Å². The van der Waals surface area contributed by atoms with E-state index in [1.54, 1.807) is 12.1 Å². The quantitative estimate of drug-likeness (QED) is 0.185. The van der Waals surface area contributed by atoms with Gasteiger partial charge >= 0.3 is 5.97 Å². The zero-order chi connectivity index (χ0) is 31.9. The van der Waals surface area contributed by atoms with Gasteiger partial charge in [-0.1, -0.05) is 46.4 Å². The molecule has 1 aliphatic rings. The highest BCUT2D eigenvalue weighted by atomic mass is 35.5. The van der Waals surface area contributed by atoms with Crippen molar-refractivity contribution in [2.45, 2.75) is 12.8 Å². The normalized spacial score (nSPS) is 14.5. The van der Waals surface area contributed by atoms with Crippen molar-refractivity contribution in [1.82, 2.24) is 10.2 Å². The van der Waals surface area contributed by atoms with Gasteiger partial charge in [0.15, 0.2) is 9.84 Å². The number of nitrogens with zero attached hydrogens (tertiary/aromatic N) is 1. The van der Waals surface area contributed by atoms with Crippen LogP contribution < -0.4 is 5.32 Å². The molecule has 7 nitrogen and oxygen atoms in total. The monoisotopic (exact) mass is 732 g/mol. The fourth-order valence-corrected chi connectivity index (χ4v) is 8.65. The lowest BCUT2D eigenvalue weighted by molar-refractivity contribution is -0.136. The Hall–Kier alpha value is -2.15. The molecule has 2 aromatic carbocycles. The van der Waals surface area contributed by atoms with E-state index in [1.165, 1.54) is 22.7 Å². The Bertz CT molecular complexity index is 1690. The molecule has 1 fully saturated rings. The predicted molar refractivity (Wildman–Crippen MR) is 183 cm³/mol. The third kappa shape index (κ3) is 11.0. The van der Waals surface area contributed by atoms with E-state index in [1.807, 2.05) is 48.5 Å². The molecule has 0 spiro atoms. The second-order valence-corrected chi connectivity index (χ2v) is 16.3. The molecule has 4 aromatic rings. The van der Waals surface area contributed by atoms with Gasteiger partial charge in [-0.05, 0) is 71.8 Å². The number of hydrogen-bond donors (Lipinski definition) is 2. The molecule has 0 radical (unpaired) electrons. The summed E-state index contributed by atoms with van der Waals surface area (Å²) in [6.45, 7) is 2.25. The highest BCUT2D eigenvalue weighted by molar-refractivity contribution is 7.91. The van der Waals surface area contributed by atoms with Crippen molar-refractivity contribution in [2.24, 2.45) is 0 Å². The topological polar surface area (TPSA) is 104 Å². The van der Waals surface area contributed by atoms with E-state index < -0.39 is 15.8 Å². The molecule has 2 aromatic heterocycles. The minimum absolute atomic E-state index is 0.0406. The summed E-state index contributed by atoms with van der Waals surface area (Å²) in [7, 11) is -2.87. The van der Waals surface area contributed by atoms with Crippen LogP contribution in [0.2, 0.25) is 20.1 Å². The Morgan fingerprint density at radius 3 is 1.66 bits per heavy atom. The summed E-state index contributed by atoms with van der Waals surface area (Å²) in [5.41, 5.74) is 1.84. The summed E-state index contributed by atoms with van der Waals surface area (Å²) in [6.07, 6.45) is 0.353. The number of rotatable bonds is 9. The van der Waals surface area contributed by atoms with Gasteiger partial charge in [-0.15, -0.1) is 22.7 Å². The lowest BCUT2D eigenvalue weighted by Gasteiger charge is -2.26. The Kier molecular flexibility index (Phi) is 12.6. The smallest absolute Gasteiger partial charge is 0.308 e. The average molecular weight is 735 g/mol. The van der Waals surface area contributed by atoms with E-state index >= 15 is 0 Å². The number of hydrogen-bond acceptors (Lipinski definition) is 7. The van der Waals surface area contributed by atoms with E-state index in [9.17, 15) is 18.0 Å². The Morgan fingerprint density at radius 2 is 1.20 bits per heavy atom. The van der Waals surface area contributed by atoms with E-state index in [0.717, 1.165) is 30.6 Å². The van der Waals surface area contributed by atoms with Crippen molar-refractivity contribution in [3.05, 3.63) is 90.5 Å². The first-order valence-electron chi connectivity index (χ1n) is 13.4. The van der Waals surface area contributed by atoms with E-state index in [2.05, 4.69) is 10.2 Å². The zero-order valence-corrected chi connectivity index (χ0v) is 28.7. The van der Waals surface area contributed by atoms with Gasteiger partial charge in [0.2, 0.25) is 5.91 Å². The fraction of sp³-hybridized carbons (Fsp3) is 0.267. The molecule has 2 N–H and O–H groups in total. The van der Waals surface area contributed by atoms with Gasteiger partial charge in [-0.3, -0.25) is 14.5 Å². The standard InChI is InChI=1S/C18H20Cl2N2O3S2.C12H8Cl2O2S/c19-14-9-13(10-15(20)11-14)17-2-1-16(26-17)12-18(23)21-3-4-22-5-7-27(24,25)8-6-22;13-8-3-7(4-9(14)5-8)11-2-1-10(17-11)6-12(15)16/h1-2,9-11H,3-8,12H2,(H,21,23);1-5H,6H2,(H,15,16). The number of aliphatic carboxylic acids is 1. The summed E-state index contributed by atoms with van der Waals surface area (Å²) in [6, 6.07) is 18.3. The Morgan fingerprint density at radius 1 is 0.750 bits per heavy atom. The summed E-state index contributed by atoms with van der Waals surface area (Å²) < 4.78 is 22.8. The van der Waals surface area contributed by atoms with Crippen LogP contribution in [-0.2, 0) is 32.3 Å². The van der Waals surface area contributed by atoms with Crippen molar-refractivity contribution in [3.8, 4) is 20.9 Å². The van der Waals surface area contributed by atoms with Crippen LogP contribution >= 0.6 is 69.1 Å². The first-order chi connectivity index (χ1) is 20.8. The number of carbonyl (C=O) groups excluding carboxylic acids is 1. The molecule has 234 valence electrons. The average Bonchev–Trinajstić information content (AvgIpc) is 3.59. The van der Waals surface area contributed by atoms with E-state index in [-0.39, 0.29) is 23.8 Å². The minimum atomic E-state index is -2.87. The fourth-order valence-electron chi connectivity index (χ4n) is 4.35. The highest BCUT2D eigenvalue weighted by Gasteiger charge is 2.21. The van der Waals surface area contributed by atoms with Gasteiger partial charge < -0.3 is 10.4 Å². The third-order valence-electron chi connectivity index (χ3n) is 6.46. The molecule has 3 heterocycles. The van der Waals surface area contributed by atoms with Gasteiger partial charge in [-0.25, -0.2) is 8.42 Å². The molecule has 5 rings (SSSR count). The highest BCUT2D eigenvalue weighted by Crippen LogP contribution is 2.33. The molecule has 0 atom stereocenters. The number of nitrogens with one attached hydrogen (secondary N) is 1. The maximum absolute atomic E-state index is 12.2. The second kappa shape index (κ2) is 15.9. The predicted octanol–water partition coefficient (Wildman–Crippen LogP) is 7.46. The van der Waals surface area contributed by atoms with Crippen molar-refractivity contribution in [2.75, 3.05) is 37.7 Å². The van der Waals surface area contributed by atoms with Crippen LogP contribution in [0.5, 0.6) is 0 Å². The van der Waals surface area contributed by atoms with Crippen LogP contribution in [0, 0.1) is 0 Å². The number of carboxylic acid groups (broad SMARTS) is 1. The summed E-state index contributed by atoms with van der Waals surface area (Å²) in [4.78, 5) is 28.5. The van der Waals surface area contributed by atoms with Crippen molar-refractivity contribution in [3.63, 3.8) is 0 Å². The van der Waals surface area contributed by atoms with Gasteiger partial charge in [0.1, 0.15) is 0 Å². The van der Waals surface area contributed by atoms with Crippen LogP contribution in [0.25, 0.3) is 20.9 Å². The number of amides is 1. The lowest BCUT2D eigenvalue weighted by atomic mass is 10.2. The maximum Gasteiger partial charge on any atom is 0.308 e. The van der Waals surface area contributed by atoms with E-state index in [4.69, 9.17) is 51.5 Å². The van der Waals surface area contributed by atoms with Gasteiger partial charge in [-0.2, -0.15) is 0 Å². The van der Waals surface area contributed by atoms with Crippen molar-refractivity contribution >= 4 is 90.8 Å². The molecule has 1 aliphatic heterocycles. The Balaban J connectivity index is 0.000000223. The molecule has 0 saturated carbocycles. The van der Waals surface area contributed by atoms with Gasteiger partial charge in [0.25, 0.3) is 0 Å². The van der Waals surface area contributed by atoms with E-state index in [0.29, 0.717) is 52.7 Å². The maximum atomic E-state index is 12.2.